The van der Waals surface area contributed by atoms with Crippen molar-refractivity contribution in [3.8, 4) is 0 Å². The SMILES string of the molecule is Cc1nc2ccc(Nc3nnc(C(=O)O)c(=O)n3Cc3ccc(Cl)cc3)cc2s1. The first-order valence-electron chi connectivity index (χ1n) is 8.50. The van der Waals surface area contributed by atoms with Crippen molar-refractivity contribution in [3.63, 3.8) is 0 Å². The van der Waals surface area contributed by atoms with Crippen LogP contribution in [-0.4, -0.2) is 30.8 Å². The number of carbonyl (C=O) groups is 1. The van der Waals surface area contributed by atoms with E-state index in [1.165, 1.54) is 4.57 Å². The summed E-state index contributed by atoms with van der Waals surface area (Å²) in [6.45, 7) is 2.04. The molecule has 0 aliphatic carbocycles. The number of aromatic carboxylic acids is 1. The van der Waals surface area contributed by atoms with Gasteiger partial charge in [-0.05, 0) is 42.8 Å². The molecule has 0 aliphatic rings. The maximum Gasteiger partial charge on any atom is 0.362 e. The molecule has 8 nitrogen and oxygen atoms in total. The minimum atomic E-state index is -1.43. The molecule has 0 atom stereocenters. The van der Waals surface area contributed by atoms with Crippen LogP contribution < -0.4 is 10.9 Å². The van der Waals surface area contributed by atoms with Crippen molar-refractivity contribution >= 4 is 50.8 Å². The van der Waals surface area contributed by atoms with Gasteiger partial charge in [-0.25, -0.2) is 9.78 Å². The van der Waals surface area contributed by atoms with Crippen LogP contribution in [0.4, 0.5) is 11.6 Å². The summed E-state index contributed by atoms with van der Waals surface area (Å²) in [4.78, 5) is 28.5. The van der Waals surface area contributed by atoms with Crippen molar-refractivity contribution in [2.24, 2.45) is 0 Å². The van der Waals surface area contributed by atoms with Crippen LogP contribution in [0.3, 0.4) is 0 Å². The van der Waals surface area contributed by atoms with Gasteiger partial charge in [-0.3, -0.25) is 9.36 Å². The highest BCUT2D eigenvalue weighted by molar-refractivity contribution is 7.18. The molecule has 2 heterocycles. The number of carboxylic acids is 1. The first-order chi connectivity index (χ1) is 13.9. The van der Waals surface area contributed by atoms with Crippen LogP contribution in [0, 0.1) is 6.92 Å². The van der Waals surface area contributed by atoms with Gasteiger partial charge in [-0.2, -0.15) is 0 Å². The Morgan fingerprint density at radius 3 is 2.69 bits per heavy atom. The van der Waals surface area contributed by atoms with E-state index in [1.807, 2.05) is 25.1 Å². The van der Waals surface area contributed by atoms with Gasteiger partial charge >= 0.3 is 5.97 Å². The maximum atomic E-state index is 12.7. The number of nitrogens with one attached hydrogen (secondary N) is 1. The Balaban J connectivity index is 1.76. The third-order valence-electron chi connectivity index (χ3n) is 4.16. The standard InChI is InChI=1S/C19H14ClN5O3S/c1-10-21-14-7-6-13(8-15(14)29-10)22-19-24-23-16(18(27)28)17(26)25(19)9-11-2-4-12(20)5-3-11/h2-8H,9H2,1H3,(H,22,24)(H,27,28). The number of carboxylic acid groups (broad SMARTS) is 1. The molecule has 0 fully saturated rings. The predicted octanol–water partition coefficient (Wildman–Crippen LogP) is 3.70. The third-order valence-corrected chi connectivity index (χ3v) is 5.34. The van der Waals surface area contributed by atoms with Crippen molar-refractivity contribution in [2.45, 2.75) is 13.5 Å². The largest absolute Gasteiger partial charge is 0.476 e. The number of halogens is 1. The molecular formula is C19H14ClN5O3S. The van der Waals surface area contributed by atoms with E-state index < -0.39 is 17.2 Å². The zero-order valence-corrected chi connectivity index (χ0v) is 16.7. The number of nitrogens with zero attached hydrogens (tertiary/aromatic N) is 4. The Morgan fingerprint density at radius 1 is 1.21 bits per heavy atom. The van der Waals surface area contributed by atoms with E-state index in [9.17, 15) is 14.7 Å². The topological polar surface area (TPSA) is 110 Å². The highest BCUT2D eigenvalue weighted by atomic mass is 35.5. The van der Waals surface area contributed by atoms with Gasteiger partial charge in [0.2, 0.25) is 11.6 Å². The summed E-state index contributed by atoms with van der Waals surface area (Å²) in [5, 5.41) is 21.3. The van der Waals surface area contributed by atoms with E-state index in [2.05, 4.69) is 20.5 Å². The van der Waals surface area contributed by atoms with Crippen LogP contribution in [0.15, 0.2) is 47.3 Å². The summed E-state index contributed by atoms with van der Waals surface area (Å²) in [5.74, 6) is -1.30. The Hall–Kier alpha value is -3.30. The number of fused-ring (bicyclic) bond motifs is 1. The van der Waals surface area contributed by atoms with Gasteiger partial charge in [0.15, 0.2) is 0 Å². The summed E-state index contributed by atoms with van der Waals surface area (Å²) >= 11 is 7.46. The first-order valence-corrected chi connectivity index (χ1v) is 9.69. The highest BCUT2D eigenvalue weighted by Crippen LogP contribution is 2.26. The van der Waals surface area contributed by atoms with E-state index in [0.717, 1.165) is 20.8 Å². The third kappa shape index (κ3) is 3.96. The van der Waals surface area contributed by atoms with Crippen molar-refractivity contribution in [1.29, 1.82) is 0 Å². The predicted molar refractivity (Wildman–Crippen MR) is 111 cm³/mol. The molecule has 0 radical (unpaired) electrons. The second-order valence-corrected chi connectivity index (χ2v) is 7.91. The molecule has 4 aromatic rings. The van der Waals surface area contributed by atoms with Gasteiger partial charge in [0, 0.05) is 10.7 Å². The normalized spacial score (nSPS) is 11.0. The van der Waals surface area contributed by atoms with Crippen LogP contribution in [0.1, 0.15) is 21.1 Å². The zero-order valence-electron chi connectivity index (χ0n) is 15.1. The second-order valence-electron chi connectivity index (χ2n) is 6.24. The van der Waals surface area contributed by atoms with Crippen LogP contribution in [-0.2, 0) is 6.54 Å². The van der Waals surface area contributed by atoms with Gasteiger partial charge < -0.3 is 10.4 Å². The fourth-order valence-corrected chi connectivity index (χ4v) is 3.80. The summed E-state index contributed by atoms with van der Waals surface area (Å²) < 4.78 is 2.22. The monoisotopic (exact) mass is 427 g/mol. The highest BCUT2D eigenvalue weighted by Gasteiger charge is 2.18. The Labute approximate surface area is 173 Å². The maximum absolute atomic E-state index is 12.7. The smallest absolute Gasteiger partial charge is 0.362 e. The Kier molecular flexibility index (Phi) is 4.99. The molecule has 4 rings (SSSR count). The molecule has 0 aliphatic heterocycles. The van der Waals surface area contributed by atoms with Crippen LogP contribution in [0.2, 0.25) is 5.02 Å². The fraction of sp³-hybridized carbons (Fsp3) is 0.105. The molecule has 0 amide bonds. The first kappa shape index (κ1) is 19.0. The summed E-state index contributed by atoms with van der Waals surface area (Å²) in [6.07, 6.45) is 0. The van der Waals surface area contributed by atoms with Gasteiger partial charge in [0.05, 0.1) is 21.8 Å². The molecule has 0 bridgehead atoms. The average Bonchev–Trinajstić information content (AvgIpc) is 3.05. The molecule has 146 valence electrons. The molecular weight excluding hydrogens is 414 g/mol. The minimum absolute atomic E-state index is 0.107. The molecule has 10 heteroatoms. The lowest BCUT2D eigenvalue weighted by molar-refractivity contribution is 0.0686. The fourth-order valence-electron chi connectivity index (χ4n) is 2.81. The minimum Gasteiger partial charge on any atom is -0.476 e. The molecule has 29 heavy (non-hydrogen) atoms. The lowest BCUT2D eigenvalue weighted by Crippen LogP contribution is -2.31. The van der Waals surface area contributed by atoms with E-state index >= 15 is 0 Å². The van der Waals surface area contributed by atoms with E-state index in [-0.39, 0.29) is 12.5 Å². The number of thiazole rings is 1. The van der Waals surface area contributed by atoms with Gasteiger partial charge in [0.1, 0.15) is 0 Å². The summed E-state index contributed by atoms with van der Waals surface area (Å²) in [7, 11) is 0. The lowest BCUT2D eigenvalue weighted by Gasteiger charge is -2.13. The van der Waals surface area contributed by atoms with Gasteiger partial charge in [-0.15, -0.1) is 21.5 Å². The summed E-state index contributed by atoms with van der Waals surface area (Å²) in [6, 6.07) is 12.5. The van der Waals surface area contributed by atoms with Gasteiger partial charge in [0.25, 0.3) is 5.56 Å². The number of hydrogen-bond donors (Lipinski definition) is 2. The molecule has 2 aromatic heterocycles. The zero-order chi connectivity index (χ0) is 20.5. The number of anilines is 2. The van der Waals surface area contributed by atoms with Crippen LogP contribution in [0.25, 0.3) is 10.2 Å². The Bertz CT molecular complexity index is 1280. The van der Waals surface area contributed by atoms with Gasteiger partial charge in [-0.1, -0.05) is 23.7 Å². The van der Waals surface area contributed by atoms with Crippen LogP contribution in [0.5, 0.6) is 0 Å². The van der Waals surface area contributed by atoms with Crippen LogP contribution >= 0.6 is 22.9 Å². The number of aryl methyl sites for hydroxylation is 1. The molecule has 2 aromatic carbocycles. The van der Waals surface area contributed by atoms with Crippen molar-refractivity contribution in [1.82, 2.24) is 19.7 Å². The van der Waals surface area contributed by atoms with Crippen molar-refractivity contribution in [2.75, 3.05) is 5.32 Å². The lowest BCUT2D eigenvalue weighted by atomic mass is 10.2. The molecule has 0 unspecified atom stereocenters. The summed E-state index contributed by atoms with van der Waals surface area (Å²) in [5.41, 5.74) is 0.932. The van der Waals surface area contributed by atoms with Crippen molar-refractivity contribution < 1.29 is 9.90 Å². The number of hydrogen-bond acceptors (Lipinski definition) is 7. The molecule has 0 spiro atoms. The Morgan fingerprint density at radius 2 is 1.97 bits per heavy atom. The van der Waals surface area contributed by atoms with E-state index in [4.69, 9.17) is 11.6 Å². The molecule has 2 N–H and O–H groups in total. The average molecular weight is 428 g/mol. The van der Waals surface area contributed by atoms with Crippen molar-refractivity contribution in [3.05, 3.63) is 74.1 Å². The number of benzene rings is 2. The molecule has 0 saturated carbocycles. The van der Waals surface area contributed by atoms with E-state index in [1.54, 1.807) is 35.6 Å². The molecule has 0 saturated heterocycles. The second kappa shape index (κ2) is 7.61. The van der Waals surface area contributed by atoms with E-state index in [0.29, 0.717) is 10.7 Å². The quantitative estimate of drug-likeness (QED) is 0.499. The number of aromatic nitrogens is 4. The number of rotatable bonds is 5.